The quantitative estimate of drug-likeness (QED) is 0.741. The maximum absolute atomic E-state index is 5.84. The SMILES string of the molecule is COC(CN)CN1CC(C)OC(C)(C)C1. The predicted molar refractivity (Wildman–Crippen MR) is 60.9 cm³/mol. The molecule has 2 atom stereocenters. The van der Waals surface area contributed by atoms with Gasteiger partial charge >= 0.3 is 0 Å². The van der Waals surface area contributed by atoms with E-state index in [2.05, 4.69) is 25.7 Å². The third-order valence-electron chi connectivity index (χ3n) is 2.70. The van der Waals surface area contributed by atoms with Gasteiger partial charge in [-0.3, -0.25) is 4.90 Å². The summed E-state index contributed by atoms with van der Waals surface area (Å²) in [6.07, 6.45) is 0.412. The summed E-state index contributed by atoms with van der Waals surface area (Å²) in [6, 6.07) is 0. The van der Waals surface area contributed by atoms with E-state index in [0.29, 0.717) is 6.54 Å². The minimum atomic E-state index is -0.0649. The molecule has 2 N–H and O–H groups in total. The van der Waals surface area contributed by atoms with Crippen molar-refractivity contribution in [3.8, 4) is 0 Å². The average molecular weight is 216 g/mol. The van der Waals surface area contributed by atoms with Gasteiger partial charge in [-0.2, -0.15) is 0 Å². The third-order valence-corrected chi connectivity index (χ3v) is 2.70. The van der Waals surface area contributed by atoms with Crippen LogP contribution in [0, 0.1) is 0 Å². The second-order valence-corrected chi connectivity index (χ2v) is 4.98. The molecule has 2 unspecified atom stereocenters. The van der Waals surface area contributed by atoms with Crippen LogP contribution in [0.25, 0.3) is 0 Å². The molecular weight excluding hydrogens is 192 g/mol. The van der Waals surface area contributed by atoms with Crippen molar-refractivity contribution >= 4 is 0 Å². The molecule has 0 aliphatic carbocycles. The largest absolute Gasteiger partial charge is 0.379 e. The summed E-state index contributed by atoms with van der Waals surface area (Å²) in [5, 5.41) is 0. The van der Waals surface area contributed by atoms with Gasteiger partial charge in [-0.05, 0) is 20.8 Å². The lowest BCUT2D eigenvalue weighted by atomic mass is 10.1. The number of nitrogens with two attached hydrogens (primary N) is 1. The molecule has 1 heterocycles. The molecule has 1 saturated heterocycles. The Morgan fingerprint density at radius 2 is 2.27 bits per heavy atom. The molecule has 1 aliphatic heterocycles. The van der Waals surface area contributed by atoms with Gasteiger partial charge < -0.3 is 15.2 Å². The van der Waals surface area contributed by atoms with Crippen LogP contribution in [0.1, 0.15) is 20.8 Å². The number of morpholine rings is 1. The molecule has 0 amide bonds. The van der Waals surface area contributed by atoms with Gasteiger partial charge in [0.25, 0.3) is 0 Å². The number of rotatable bonds is 4. The summed E-state index contributed by atoms with van der Waals surface area (Å²) in [5.74, 6) is 0. The molecule has 1 fully saturated rings. The average Bonchev–Trinajstić information content (AvgIpc) is 2.10. The Morgan fingerprint density at radius 1 is 1.60 bits per heavy atom. The fourth-order valence-electron chi connectivity index (χ4n) is 2.26. The van der Waals surface area contributed by atoms with Crippen LogP contribution >= 0.6 is 0 Å². The third kappa shape index (κ3) is 4.07. The van der Waals surface area contributed by atoms with Crippen LogP contribution in [0.15, 0.2) is 0 Å². The van der Waals surface area contributed by atoms with Gasteiger partial charge in [0.05, 0.1) is 17.8 Å². The first-order valence-electron chi connectivity index (χ1n) is 5.60. The molecule has 0 aromatic carbocycles. The Hall–Kier alpha value is -0.160. The summed E-state index contributed by atoms with van der Waals surface area (Å²) in [5.41, 5.74) is 5.55. The van der Waals surface area contributed by atoms with Gasteiger partial charge in [-0.1, -0.05) is 0 Å². The normalized spacial score (nSPS) is 29.0. The Kier molecular flexibility index (Phi) is 4.52. The highest BCUT2D eigenvalue weighted by Crippen LogP contribution is 2.20. The van der Waals surface area contributed by atoms with E-state index in [1.54, 1.807) is 7.11 Å². The molecule has 0 spiro atoms. The van der Waals surface area contributed by atoms with Crippen LogP contribution in [-0.4, -0.2) is 56.0 Å². The van der Waals surface area contributed by atoms with E-state index in [-0.39, 0.29) is 17.8 Å². The molecule has 0 bridgehead atoms. The van der Waals surface area contributed by atoms with E-state index in [4.69, 9.17) is 15.2 Å². The predicted octanol–water partition coefficient (Wildman–Crippen LogP) is 0.459. The van der Waals surface area contributed by atoms with E-state index in [1.165, 1.54) is 0 Å². The standard InChI is InChI=1S/C11H24N2O2/c1-9-6-13(7-10(5-12)14-4)8-11(2,3)15-9/h9-10H,5-8,12H2,1-4H3. The van der Waals surface area contributed by atoms with Crippen LogP contribution in [0.5, 0.6) is 0 Å². The highest BCUT2D eigenvalue weighted by Gasteiger charge is 2.31. The van der Waals surface area contributed by atoms with Crippen molar-refractivity contribution in [3.63, 3.8) is 0 Å². The maximum atomic E-state index is 5.84. The zero-order valence-corrected chi connectivity index (χ0v) is 10.3. The minimum absolute atomic E-state index is 0.0649. The van der Waals surface area contributed by atoms with Crippen molar-refractivity contribution in [1.29, 1.82) is 0 Å². The Morgan fingerprint density at radius 3 is 2.73 bits per heavy atom. The lowest BCUT2D eigenvalue weighted by Crippen LogP contribution is -2.54. The van der Waals surface area contributed by atoms with E-state index < -0.39 is 0 Å². The van der Waals surface area contributed by atoms with Gasteiger partial charge in [0.15, 0.2) is 0 Å². The lowest BCUT2D eigenvalue weighted by molar-refractivity contribution is -0.134. The second-order valence-electron chi connectivity index (χ2n) is 4.98. The molecule has 4 nitrogen and oxygen atoms in total. The zero-order valence-electron chi connectivity index (χ0n) is 10.3. The van der Waals surface area contributed by atoms with Crippen molar-refractivity contribution in [2.45, 2.75) is 38.6 Å². The van der Waals surface area contributed by atoms with E-state index >= 15 is 0 Å². The van der Waals surface area contributed by atoms with Crippen LogP contribution in [0.2, 0.25) is 0 Å². The molecule has 15 heavy (non-hydrogen) atoms. The van der Waals surface area contributed by atoms with Crippen LogP contribution in [0.3, 0.4) is 0 Å². The Balaban J connectivity index is 2.47. The van der Waals surface area contributed by atoms with Gasteiger partial charge in [-0.15, -0.1) is 0 Å². The number of hydrogen-bond donors (Lipinski definition) is 1. The minimum Gasteiger partial charge on any atom is -0.379 e. The van der Waals surface area contributed by atoms with Crippen molar-refractivity contribution in [2.75, 3.05) is 33.3 Å². The molecule has 4 heteroatoms. The molecular formula is C11H24N2O2. The van der Waals surface area contributed by atoms with Crippen molar-refractivity contribution in [3.05, 3.63) is 0 Å². The summed E-state index contributed by atoms with van der Waals surface area (Å²) in [7, 11) is 1.71. The first-order chi connectivity index (χ1) is 6.96. The first-order valence-corrected chi connectivity index (χ1v) is 5.60. The number of ether oxygens (including phenoxy) is 2. The summed E-state index contributed by atoms with van der Waals surface area (Å²) in [4.78, 5) is 2.37. The Bertz CT molecular complexity index is 193. The maximum Gasteiger partial charge on any atom is 0.0820 e. The van der Waals surface area contributed by atoms with E-state index in [0.717, 1.165) is 19.6 Å². The first kappa shape index (κ1) is 12.9. The molecule has 1 aliphatic rings. The van der Waals surface area contributed by atoms with Crippen LogP contribution in [-0.2, 0) is 9.47 Å². The van der Waals surface area contributed by atoms with E-state index in [1.807, 2.05) is 0 Å². The number of nitrogens with zero attached hydrogens (tertiary/aromatic N) is 1. The van der Waals surface area contributed by atoms with Crippen molar-refractivity contribution in [2.24, 2.45) is 5.73 Å². The van der Waals surface area contributed by atoms with Crippen molar-refractivity contribution in [1.82, 2.24) is 4.90 Å². The zero-order chi connectivity index (χ0) is 11.5. The molecule has 0 aromatic rings. The lowest BCUT2D eigenvalue weighted by Gasteiger charge is -2.42. The summed E-state index contributed by atoms with van der Waals surface area (Å²) >= 11 is 0. The molecule has 0 radical (unpaired) electrons. The summed E-state index contributed by atoms with van der Waals surface area (Å²) in [6.45, 7) is 9.73. The van der Waals surface area contributed by atoms with E-state index in [9.17, 15) is 0 Å². The smallest absolute Gasteiger partial charge is 0.0820 e. The van der Waals surface area contributed by atoms with Gasteiger partial charge in [0, 0.05) is 33.3 Å². The molecule has 90 valence electrons. The van der Waals surface area contributed by atoms with Crippen LogP contribution in [0.4, 0.5) is 0 Å². The number of hydrogen-bond acceptors (Lipinski definition) is 4. The summed E-state index contributed by atoms with van der Waals surface area (Å²) < 4.78 is 11.1. The van der Waals surface area contributed by atoms with Crippen LogP contribution < -0.4 is 5.73 Å². The fourth-order valence-corrected chi connectivity index (χ4v) is 2.26. The van der Waals surface area contributed by atoms with Gasteiger partial charge in [0.2, 0.25) is 0 Å². The molecule has 0 saturated carbocycles. The Labute approximate surface area is 92.7 Å². The molecule has 0 aromatic heterocycles. The van der Waals surface area contributed by atoms with Crippen molar-refractivity contribution < 1.29 is 9.47 Å². The second kappa shape index (κ2) is 5.25. The fraction of sp³-hybridized carbons (Fsp3) is 1.00. The molecule has 1 rings (SSSR count). The number of methoxy groups -OCH3 is 1. The van der Waals surface area contributed by atoms with Gasteiger partial charge in [-0.25, -0.2) is 0 Å². The topological polar surface area (TPSA) is 47.7 Å². The highest BCUT2D eigenvalue weighted by atomic mass is 16.5. The highest BCUT2D eigenvalue weighted by molar-refractivity contribution is 4.83. The van der Waals surface area contributed by atoms with Gasteiger partial charge in [0.1, 0.15) is 0 Å². The monoisotopic (exact) mass is 216 g/mol.